The molecule has 0 aliphatic rings. The third-order valence-corrected chi connectivity index (χ3v) is 4.42. The minimum Gasteiger partial charge on any atom is -0.324 e. The first kappa shape index (κ1) is 14.1. The molecule has 2 N–H and O–H groups in total. The Bertz CT molecular complexity index is 570. The quantitative estimate of drug-likeness (QED) is 0.836. The van der Waals surface area contributed by atoms with Gasteiger partial charge < -0.3 is 5.73 Å². The fraction of sp³-hybridized carbons (Fsp3) is 0.167. The van der Waals surface area contributed by atoms with E-state index >= 15 is 0 Å². The van der Waals surface area contributed by atoms with Crippen LogP contribution in [0.4, 0.5) is 4.39 Å². The second-order valence-corrected chi connectivity index (χ2v) is 6.52. The largest absolute Gasteiger partial charge is 0.324 e. The molecule has 1 aromatic carbocycles. The van der Waals surface area contributed by atoms with Gasteiger partial charge in [-0.1, -0.05) is 34.8 Å². The lowest BCUT2D eigenvalue weighted by Gasteiger charge is -2.12. The van der Waals surface area contributed by atoms with E-state index in [1.165, 1.54) is 29.5 Å². The van der Waals surface area contributed by atoms with Crippen molar-refractivity contribution in [2.45, 2.75) is 12.5 Å². The Morgan fingerprint density at radius 2 is 1.94 bits per heavy atom. The van der Waals surface area contributed by atoms with Crippen LogP contribution in [0.2, 0.25) is 13.7 Å². The second-order valence-electron chi connectivity index (χ2n) is 3.83. The van der Waals surface area contributed by atoms with Gasteiger partial charge in [0.2, 0.25) is 0 Å². The maximum atomic E-state index is 13.1. The molecule has 1 heterocycles. The Morgan fingerprint density at radius 1 is 1.22 bits per heavy atom. The molecule has 0 bridgehead atoms. The average Bonchev–Trinajstić information content (AvgIpc) is 2.63. The maximum Gasteiger partial charge on any atom is 0.123 e. The van der Waals surface area contributed by atoms with Crippen LogP contribution in [0.1, 0.15) is 17.2 Å². The van der Waals surface area contributed by atoms with E-state index in [0.717, 1.165) is 5.56 Å². The Morgan fingerprint density at radius 3 is 2.56 bits per heavy atom. The van der Waals surface area contributed by atoms with Crippen molar-refractivity contribution in [1.29, 1.82) is 0 Å². The molecule has 18 heavy (non-hydrogen) atoms. The van der Waals surface area contributed by atoms with Gasteiger partial charge >= 0.3 is 0 Å². The number of rotatable bonds is 3. The van der Waals surface area contributed by atoms with Gasteiger partial charge in [0.25, 0.3) is 0 Å². The van der Waals surface area contributed by atoms with Gasteiger partial charge in [0.05, 0.1) is 8.67 Å². The van der Waals surface area contributed by atoms with Crippen LogP contribution < -0.4 is 5.73 Å². The van der Waals surface area contributed by atoms with Gasteiger partial charge in [0.15, 0.2) is 0 Å². The number of nitrogens with two attached hydrogens (primary N) is 1. The fourth-order valence-electron chi connectivity index (χ4n) is 1.65. The summed E-state index contributed by atoms with van der Waals surface area (Å²) in [6.07, 6.45) is 0.406. The lowest BCUT2D eigenvalue weighted by Crippen LogP contribution is -2.13. The summed E-state index contributed by atoms with van der Waals surface area (Å²) in [5, 5.41) is 0.490. The van der Waals surface area contributed by atoms with E-state index in [2.05, 4.69) is 0 Å². The van der Waals surface area contributed by atoms with E-state index in [1.54, 1.807) is 6.07 Å². The monoisotopic (exact) mass is 323 g/mol. The summed E-state index contributed by atoms with van der Waals surface area (Å²) < 4.78 is 14.3. The maximum absolute atomic E-state index is 13.1. The van der Waals surface area contributed by atoms with E-state index in [9.17, 15) is 4.39 Å². The van der Waals surface area contributed by atoms with Crippen molar-refractivity contribution < 1.29 is 4.39 Å². The van der Waals surface area contributed by atoms with Crippen molar-refractivity contribution in [3.8, 4) is 0 Å². The summed E-state index contributed by atoms with van der Waals surface area (Å²) in [5.74, 6) is -0.337. The van der Waals surface area contributed by atoms with E-state index in [0.29, 0.717) is 25.7 Å². The molecule has 1 nitrogen and oxygen atoms in total. The molecule has 0 spiro atoms. The summed E-state index contributed by atoms with van der Waals surface area (Å²) in [6.45, 7) is 0. The fourth-order valence-corrected chi connectivity index (χ4v) is 3.44. The molecule has 6 heteroatoms. The first-order chi connectivity index (χ1) is 8.47. The van der Waals surface area contributed by atoms with Crippen LogP contribution in [0.3, 0.4) is 0 Å². The van der Waals surface area contributed by atoms with Gasteiger partial charge in [0.1, 0.15) is 5.82 Å². The molecule has 96 valence electrons. The first-order valence-electron chi connectivity index (χ1n) is 5.11. The van der Waals surface area contributed by atoms with Gasteiger partial charge in [-0.25, -0.2) is 4.39 Å². The minimum atomic E-state index is -0.361. The van der Waals surface area contributed by atoms with E-state index in [1.807, 2.05) is 0 Å². The van der Waals surface area contributed by atoms with E-state index in [4.69, 9.17) is 40.5 Å². The third kappa shape index (κ3) is 3.16. The highest BCUT2D eigenvalue weighted by atomic mass is 35.5. The molecule has 1 unspecified atom stereocenters. The van der Waals surface area contributed by atoms with E-state index in [-0.39, 0.29) is 11.9 Å². The molecule has 0 fully saturated rings. The van der Waals surface area contributed by atoms with Crippen LogP contribution in [0.25, 0.3) is 0 Å². The zero-order chi connectivity index (χ0) is 13.3. The van der Waals surface area contributed by atoms with Crippen LogP contribution >= 0.6 is 46.1 Å². The van der Waals surface area contributed by atoms with Crippen molar-refractivity contribution in [3.63, 3.8) is 0 Å². The van der Waals surface area contributed by atoms with Crippen molar-refractivity contribution >= 4 is 46.1 Å². The highest BCUT2D eigenvalue weighted by Gasteiger charge is 2.16. The highest BCUT2D eigenvalue weighted by Crippen LogP contribution is 2.35. The Kier molecular flexibility index (Phi) is 4.51. The van der Waals surface area contributed by atoms with Crippen LogP contribution in [0, 0.1) is 5.82 Å². The number of hydrogen-bond donors (Lipinski definition) is 1. The topological polar surface area (TPSA) is 26.0 Å². The first-order valence-corrected chi connectivity index (χ1v) is 7.06. The van der Waals surface area contributed by atoms with Crippen molar-refractivity contribution in [2.24, 2.45) is 5.73 Å². The summed E-state index contributed by atoms with van der Waals surface area (Å²) in [5.41, 5.74) is 7.45. The Balaban J connectivity index is 2.23. The molecule has 0 aliphatic heterocycles. The van der Waals surface area contributed by atoms with Crippen molar-refractivity contribution in [2.75, 3.05) is 0 Å². The van der Waals surface area contributed by atoms with Gasteiger partial charge in [-0.2, -0.15) is 0 Å². The summed E-state index contributed by atoms with van der Waals surface area (Å²) in [7, 11) is 0. The predicted molar refractivity (Wildman–Crippen MR) is 76.4 cm³/mol. The van der Waals surface area contributed by atoms with Gasteiger partial charge in [0, 0.05) is 16.6 Å². The molecule has 2 aromatic rings. The molecular weight excluding hydrogens is 316 g/mol. The molecule has 0 aliphatic carbocycles. The number of halogens is 4. The lowest BCUT2D eigenvalue weighted by atomic mass is 10.0. The van der Waals surface area contributed by atoms with Crippen LogP contribution in [0.5, 0.6) is 0 Å². The number of thiophene rings is 1. The smallest absolute Gasteiger partial charge is 0.123 e. The molecule has 0 amide bonds. The van der Waals surface area contributed by atoms with Gasteiger partial charge in [-0.05, 0) is 36.2 Å². The minimum absolute atomic E-state index is 0.337. The molecule has 1 atom stereocenters. The van der Waals surface area contributed by atoms with Gasteiger partial charge in [-0.3, -0.25) is 0 Å². The zero-order valence-electron chi connectivity index (χ0n) is 9.09. The van der Waals surface area contributed by atoms with Crippen molar-refractivity contribution in [3.05, 3.63) is 54.9 Å². The molecule has 2 rings (SSSR count). The Hall–Kier alpha value is -0.320. The van der Waals surface area contributed by atoms with Crippen LogP contribution in [-0.4, -0.2) is 0 Å². The van der Waals surface area contributed by atoms with Crippen LogP contribution in [-0.2, 0) is 6.42 Å². The molecule has 1 aromatic heterocycles. The summed E-state index contributed by atoms with van der Waals surface area (Å²) in [4.78, 5) is 0. The standard InChI is InChI=1S/C12H9Cl3FNS/c13-9-2-1-7(16)3-6(9)4-10(17)8-5-11(14)18-12(8)15/h1-3,5,10H,4,17H2. The zero-order valence-corrected chi connectivity index (χ0v) is 12.2. The van der Waals surface area contributed by atoms with Gasteiger partial charge in [-0.15, -0.1) is 11.3 Å². The Labute approximate surface area is 123 Å². The molecule has 0 radical (unpaired) electrons. The highest BCUT2D eigenvalue weighted by molar-refractivity contribution is 7.20. The molecule has 0 saturated carbocycles. The normalized spacial score (nSPS) is 12.7. The van der Waals surface area contributed by atoms with Crippen molar-refractivity contribution in [1.82, 2.24) is 0 Å². The summed E-state index contributed by atoms with van der Waals surface area (Å²) in [6, 6.07) is 5.57. The average molecular weight is 325 g/mol. The molecular formula is C12H9Cl3FNS. The predicted octanol–water partition coefficient (Wildman–Crippen LogP) is 5.09. The second kappa shape index (κ2) is 5.76. The number of hydrogen-bond acceptors (Lipinski definition) is 2. The molecule has 0 saturated heterocycles. The third-order valence-electron chi connectivity index (χ3n) is 2.53. The van der Waals surface area contributed by atoms with Crippen LogP contribution in [0.15, 0.2) is 24.3 Å². The summed E-state index contributed by atoms with van der Waals surface area (Å²) >= 11 is 19.1. The SMILES string of the molecule is NC(Cc1cc(F)ccc1Cl)c1cc(Cl)sc1Cl. The lowest BCUT2D eigenvalue weighted by molar-refractivity contribution is 0.622. The number of benzene rings is 1. The van der Waals surface area contributed by atoms with E-state index < -0.39 is 0 Å².